The number of rotatable bonds is 5. The average Bonchev–Trinajstić information content (AvgIpc) is 2.46. The SMILES string of the molecule is CC(C)C(Br)C(=O)NCCc1ccc2c(c1)OCCO2. The Hall–Kier alpha value is -1.23. The quantitative estimate of drug-likeness (QED) is 0.837. The lowest BCUT2D eigenvalue weighted by atomic mass is 10.1. The van der Waals surface area contributed by atoms with Gasteiger partial charge in [0.1, 0.15) is 13.2 Å². The van der Waals surface area contributed by atoms with Crippen LogP contribution in [0.5, 0.6) is 11.5 Å². The zero-order valence-corrected chi connectivity index (χ0v) is 13.4. The van der Waals surface area contributed by atoms with Crippen molar-refractivity contribution in [3.8, 4) is 11.5 Å². The van der Waals surface area contributed by atoms with Gasteiger partial charge in [-0.2, -0.15) is 0 Å². The summed E-state index contributed by atoms with van der Waals surface area (Å²) in [6.07, 6.45) is 0.778. The van der Waals surface area contributed by atoms with E-state index < -0.39 is 0 Å². The Morgan fingerprint density at radius 2 is 2.00 bits per heavy atom. The number of alkyl halides is 1. The molecule has 110 valence electrons. The second kappa shape index (κ2) is 6.97. The van der Waals surface area contributed by atoms with Crippen LogP contribution < -0.4 is 14.8 Å². The van der Waals surface area contributed by atoms with Gasteiger partial charge in [0.2, 0.25) is 5.91 Å². The fraction of sp³-hybridized carbons (Fsp3) is 0.533. The first-order chi connectivity index (χ1) is 9.58. The van der Waals surface area contributed by atoms with Crippen LogP contribution in [0.1, 0.15) is 19.4 Å². The minimum atomic E-state index is -0.136. The molecule has 4 nitrogen and oxygen atoms in total. The van der Waals surface area contributed by atoms with Gasteiger partial charge in [-0.1, -0.05) is 35.8 Å². The highest BCUT2D eigenvalue weighted by Gasteiger charge is 2.18. The standard InChI is InChI=1S/C15H20BrNO3/c1-10(2)14(16)15(18)17-6-5-11-3-4-12-13(9-11)20-8-7-19-12/h3-4,9-10,14H,5-8H2,1-2H3,(H,17,18). The van der Waals surface area contributed by atoms with Crippen LogP contribution in [-0.4, -0.2) is 30.5 Å². The van der Waals surface area contributed by atoms with Crippen LogP contribution >= 0.6 is 15.9 Å². The van der Waals surface area contributed by atoms with E-state index >= 15 is 0 Å². The van der Waals surface area contributed by atoms with Gasteiger partial charge in [-0.3, -0.25) is 4.79 Å². The molecule has 0 radical (unpaired) electrons. The van der Waals surface area contributed by atoms with Gasteiger partial charge in [0.05, 0.1) is 4.83 Å². The molecular formula is C15H20BrNO3. The van der Waals surface area contributed by atoms with Crippen LogP contribution in [0.25, 0.3) is 0 Å². The normalized spacial score (nSPS) is 15.0. The molecule has 1 aliphatic rings. The van der Waals surface area contributed by atoms with Gasteiger partial charge in [-0.15, -0.1) is 0 Å². The number of ether oxygens (including phenoxy) is 2. The Bertz CT molecular complexity index is 476. The lowest BCUT2D eigenvalue weighted by Gasteiger charge is -2.19. The molecule has 0 bridgehead atoms. The zero-order chi connectivity index (χ0) is 14.5. The number of nitrogens with one attached hydrogen (secondary N) is 1. The third kappa shape index (κ3) is 3.88. The van der Waals surface area contributed by atoms with Gasteiger partial charge in [0, 0.05) is 6.54 Å². The predicted octanol–water partition coefficient (Wildman–Crippen LogP) is 2.54. The van der Waals surface area contributed by atoms with Gasteiger partial charge in [0.25, 0.3) is 0 Å². The minimum Gasteiger partial charge on any atom is -0.486 e. The molecule has 1 aliphatic heterocycles. The van der Waals surface area contributed by atoms with Gasteiger partial charge in [-0.25, -0.2) is 0 Å². The van der Waals surface area contributed by atoms with Crippen LogP contribution in [-0.2, 0) is 11.2 Å². The van der Waals surface area contributed by atoms with Crippen molar-refractivity contribution in [1.82, 2.24) is 5.32 Å². The van der Waals surface area contributed by atoms with E-state index in [0.29, 0.717) is 19.8 Å². The summed E-state index contributed by atoms with van der Waals surface area (Å²) < 4.78 is 11.0. The summed E-state index contributed by atoms with van der Waals surface area (Å²) in [4.78, 5) is 11.7. The summed E-state index contributed by atoms with van der Waals surface area (Å²) in [7, 11) is 0. The summed E-state index contributed by atoms with van der Waals surface area (Å²) in [6.45, 7) is 5.84. The van der Waals surface area contributed by atoms with Gasteiger partial charge >= 0.3 is 0 Å². The van der Waals surface area contributed by atoms with E-state index in [-0.39, 0.29) is 16.7 Å². The summed E-state index contributed by atoms with van der Waals surface area (Å²) in [5, 5.41) is 2.93. The van der Waals surface area contributed by atoms with E-state index in [1.165, 1.54) is 0 Å². The molecule has 0 fully saturated rings. The molecule has 1 N–H and O–H groups in total. The zero-order valence-electron chi connectivity index (χ0n) is 11.8. The number of fused-ring (bicyclic) bond motifs is 1. The summed E-state index contributed by atoms with van der Waals surface area (Å²) in [5.74, 6) is 1.91. The molecule has 5 heteroatoms. The lowest BCUT2D eigenvalue weighted by Crippen LogP contribution is -2.35. The monoisotopic (exact) mass is 341 g/mol. The van der Waals surface area contributed by atoms with Crippen molar-refractivity contribution in [1.29, 1.82) is 0 Å². The van der Waals surface area contributed by atoms with Gasteiger partial charge in [-0.05, 0) is 30.0 Å². The molecular weight excluding hydrogens is 322 g/mol. The topological polar surface area (TPSA) is 47.6 Å². The third-order valence-corrected chi connectivity index (χ3v) is 4.63. The number of carbonyl (C=O) groups excluding carboxylic acids is 1. The number of benzene rings is 1. The molecule has 0 saturated carbocycles. The van der Waals surface area contributed by atoms with Gasteiger partial charge < -0.3 is 14.8 Å². The number of halogens is 1. The largest absolute Gasteiger partial charge is 0.486 e. The lowest BCUT2D eigenvalue weighted by molar-refractivity contribution is -0.121. The molecule has 1 aromatic rings. The fourth-order valence-corrected chi connectivity index (χ4v) is 2.14. The maximum absolute atomic E-state index is 11.8. The van der Waals surface area contributed by atoms with Crippen LogP contribution in [0, 0.1) is 5.92 Å². The number of hydrogen-bond donors (Lipinski definition) is 1. The molecule has 20 heavy (non-hydrogen) atoms. The number of hydrogen-bond acceptors (Lipinski definition) is 3. The fourth-order valence-electron chi connectivity index (χ4n) is 1.97. The van der Waals surface area contributed by atoms with Crippen molar-refractivity contribution in [3.05, 3.63) is 23.8 Å². The minimum absolute atomic E-state index is 0.0394. The highest BCUT2D eigenvalue weighted by atomic mass is 79.9. The highest BCUT2D eigenvalue weighted by Crippen LogP contribution is 2.30. The maximum Gasteiger partial charge on any atom is 0.234 e. The maximum atomic E-state index is 11.8. The van der Waals surface area contributed by atoms with Gasteiger partial charge in [0.15, 0.2) is 11.5 Å². The second-order valence-corrected chi connectivity index (χ2v) is 6.15. The molecule has 1 atom stereocenters. The summed E-state index contributed by atoms with van der Waals surface area (Å²) in [5.41, 5.74) is 1.13. The average molecular weight is 342 g/mol. The van der Waals surface area contributed by atoms with E-state index in [4.69, 9.17) is 9.47 Å². The Labute approximate surface area is 128 Å². The van der Waals surface area contributed by atoms with Crippen LogP contribution in [0.3, 0.4) is 0 Å². The molecule has 0 spiro atoms. The van der Waals surface area contributed by atoms with E-state index in [1.807, 2.05) is 32.0 Å². The Kier molecular flexibility index (Phi) is 5.29. The van der Waals surface area contributed by atoms with Crippen molar-refractivity contribution in [2.45, 2.75) is 25.1 Å². The molecule has 1 amide bonds. The Balaban J connectivity index is 1.84. The molecule has 0 saturated heterocycles. The Morgan fingerprint density at radius 1 is 1.30 bits per heavy atom. The van der Waals surface area contributed by atoms with Crippen molar-refractivity contribution >= 4 is 21.8 Å². The third-order valence-electron chi connectivity index (χ3n) is 3.16. The second-order valence-electron chi connectivity index (χ2n) is 5.16. The number of carbonyl (C=O) groups is 1. The molecule has 1 heterocycles. The molecule has 0 aliphatic carbocycles. The van der Waals surface area contributed by atoms with Crippen molar-refractivity contribution < 1.29 is 14.3 Å². The molecule has 1 unspecified atom stereocenters. The van der Waals surface area contributed by atoms with E-state index in [0.717, 1.165) is 23.5 Å². The highest BCUT2D eigenvalue weighted by molar-refractivity contribution is 9.10. The van der Waals surface area contributed by atoms with Crippen LogP contribution in [0.4, 0.5) is 0 Å². The first kappa shape index (κ1) is 15.2. The molecule has 1 aromatic carbocycles. The van der Waals surface area contributed by atoms with E-state index in [9.17, 15) is 4.79 Å². The first-order valence-corrected chi connectivity index (χ1v) is 7.80. The van der Waals surface area contributed by atoms with Crippen molar-refractivity contribution in [3.63, 3.8) is 0 Å². The van der Waals surface area contributed by atoms with E-state index in [2.05, 4.69) is 21.2 Å². The van der Waals surface area contributed by atoms with Crippen molar-refractivity contribution in [2.24, 2.45) is 5.92 Å². The smallest absolute Gasteiger partial charge is 0.234 e. The van der Waals surface area contributed by atoms with Crippen LogP contribution in [0.15, 0.2) is 18.2 Å². The summed E-state index contributed by atoms with van der Waals surface area (Å²) in [6, 6.07) is 5.91. The molecule has 2 rings (SSSR count). The predicted molar refractivity (Wildman–Crippen MR) is 81.7 cm³/mol. The first-order valence-electron chi connectivity index (χ1n) is 6.88. The number of amides is 1. The molecule has 0 aromatic heterocycles. The Morgan fingerprint density at radius 3 is 2.70 bits per heavy atom. The summed E-state index contributed by atoms with van der Waals surface area (Å²) >= 11 is 3.39. The van der Waals surface area contributed by atoms with E-state index in [1.54, 1.807) is 0 Å². The van der Waals surface area contributed by atoms with Crippen LogP contribution in [0.2, 0.25) is 0 Å². The van der Waals surface area contributed by atoms with Crippen molar-refractivity contribution in [2.75, 3.05) is 19.8 Å².